The number of rotatable bonds is 7. The summed E-state index contributed by atoms with van der Waals surface area (Å²) in [4.78, 5) is 18.1. The highest BCUT2D eigenvalue weighted by Crippen LogP contribution is 2.36. The van der Waals surface area contributed by atoms with E-state index < -0.39 is 15.8 Å². The first-order valence-electron chi connectivity index (χ1n) is 9.23. The maximum Gasteiger partial charge on any atom is 0.265 e. The van der Waals surface area contributed by atoms with Crippen LogP contribution in [0.3, 0.4) is 0 Å². The van der Waals surface area contributed by atoms with Crippen molar-refractivity contribution >= 4 is 38.1 Å². The molecule has 0 atom stereocenters. The number of anilines is 2. The number of benzene rings is 2. The number of nitrogens with zero attached hydrogens (tertiary/aromatic N) is 2. The highest BCUT2D eigenvalue weighted by Gasteiger charge is 2.25. The number of hydrogen-bond donors (Lipinski definition) is 1. The maximum absolute atomic E-state index is 13.0. The Bertz CT molecular complexity index is 1240. The summed E-state index contributed by atoms with van der Waals surface area (Å²) in [7, 11) is -3.72. The van der Waals surface area contributed by atoms with Gasteiger partial charge in [0.15, 0.2) is 11.7 Å². The Balaban J connectivity index is 1.54. The van der Waals surface area contributed by atoms with Crippen molar-refractivity contribution in [3.63, 3.8) is 0 Å². The van der Waals surface area contributed by atoms with Crippen LogP contribution in [-0.2, 0) is 20.6 Å². The monoisotopic (exact) mass is 459 g/mol. The van der Waals surface area contributed by atoms with E-state index in [1.165, 1.54) is 24.3 Å². The van der Waals surface area contributed by atoms with Gasteiger partial charge >= 0.3 is 0 Å². The van der Waals surface area contributed by atoms with Crippen LogP contribution in [0.2, 0.25) is 0 Å². The van der Waals surface area contributed by atoms with Crippen molar-refractivity contribution in [2.75, 3.05) is 22.8 Å². The van der Waals surface area contributed by atoms with Crippen LogP contribution in [0.25, 0.3) is 11.3 Å². The maximum atomic E-state index is 13.0. The van der Waals surface area contributed by atoms with Gasteiger partial charge in [0.2, 0.25) is 10.0 Å². The molecule has 2 heterocycles. The largest absolute Gasteiger partial charge is 0.482 e. The lowest BCUT2D eigenvalue weighted by molar-refractivity contribution is -0.121. The summed E-state index contributed by atoms with van der Waals surface area (Å²) in [6, 6.07) is 10.6. The number of ether oxygens (including phenoxy) is 1. The Morgan fingerprint density at radius 3 is 2.77 bits per heavy atom. The number of hydrogen-bond acceptors (Lipinski definition) is 6. The van der Waals surface area contributed by atoms with Crippen molar-refractivity contribution in [2.24, 2.45) is 0 Å². The molecule has 7 nitrogen and oxygen atoms in total. The number of amides is 1. The second kappa shape index (κ2) is 8.48. The molecule has 31 heavy (non-hydrogen) atoms. The highest BCUT2D eigenvalue weighted by atomic mass is 32.2. The molecule has 1 aromatic heterocycles. The van der Waals surface area contributed by atoms with Crippen LogP contribution < -0.4 is 14.4 Å². The molecule has 1 aliphatic heterocycles. The number of thiazole rings is 1. The van der Waals surface area contributed by atoms with Crippen molar-refractivity contribution in [1.29, 1.82) is 0 Å². The highest BCUT2D eigenvalue weighted by molar-refractivity contribution is 7.92. The summed E-state index contributed by atoms with van der Waals surface area (Å²) in [5.74, 6) is -0.308. The normalized spacial score (nSPS) is 13.5. The number of carbonyl (C=O) groups is 1. The minimum atomic E-state index is -3.72. The number of aromatic nitrogens is 1. The number of sulfonamides is 1. The Hall–Kier alpha value is -3.24. The lowest BCUT2D eigenvalue weighted by Gasteiger charge is -2.28. The molecule has 0 radical (unpaired) electrons. The molecule has 1 aliphatic rings. The van der Waals surface area contributed by atoms with Crippen molar-refractivity contribution in [3.8, 4) is 17.0 Å². The molecule has 4 rings (SSSR count). The van der Waals surface area contributed by atoms with Gasteiger partial charge in [0.25, 0.3) is 5.91 Å². The van der Waals surface area contributed by atoms with E-state index in [4.69, 9.17) is 4.74 Å². The van der Waals surface area contributed by atoms with Crippen molar-refractivity contribution < 1.29 is 22.3 Å². The van der Waals surface area contributed by atoms with Crippen LogP contribution in [-0.4, -0.2) is 32.5 Å². The summed E-state index contributed by atoms with van der Waals surface area (Å²) in [5, 5.41) is 1.94. The fourth-order valence-electron chi connectivity index (χ4n) is 3.11. The summed E-state index contributed by atoms with van der Waals surface area (Å²) in [5.41, 5.74) is 2.35. The summed E-state index contributed by atoms with van der Waals surface area (Å²) in [6.45, 7) is 4.01. The number of carbonyl (C=O) groups excluding carboxylic acids is 1. The van der Waals surface area contributed by atoms with Gasteiger partial charge in [0.1, 0.15) is 11.6 Å². The fourth-order valence-corrected chi connectivity index (χ4v) is 5.26. The first kappa shape index (κ1) is 21.0. The minimum Gasteiger partial charge on any atom is -0.482 e. The van der Waals surface area contributed by atoms with Gasteiger partial charge in [0, 0.05) is 17.5 Å². The van der Waals surface area contributed by atoms with E-state index >= 15 is 0 Å². The number of nitrogens with one attached hydrogen (secondary N) is 1. The Morgan fingerprint density at radius 1 is 1.26 bits per heavy atom. The molecule has 1 amide bonds. The van der Waals surface area contributed by atoms with Crippen LogP contribution in [0.1, 0.15) is 5.56 Å². The van der Waals surface area contributed by atoms with Gasteiger partial charge in [-0.3, -0.25) is 9.52 Å². The van der Waals surface area contributed by atoms with Gasteiger partial charge in [0.05, 0.1) is 17.1 Å². The van der Waals surface area contributed by atoms with E-state index in [2.05, 4.69) is 16.3 Å². The molecule has 0 unspecified atom stereocenters. The van der Waals surface area contributed by atoms with Crippen molar-refractivity contribution in [1.82, 2.24) is 4.98 Å². The summed E-state index contributed by atoms with van der Waals surface area (Å²) < 4.78 is 45.8. The predicted octanol–water partition coefficient (Wildman–Crippen LogP) is 3.80. The molecule has 0 spiro atoms. The van der Waals surface area contributed by atoms with Crippen molar-refractivity contribution in [3.05, 3.63) is 71.9 Å². The van der Waals surface area contributed by atoms with E-state index in [0.29, 0.717) is 34.8 Å². The zero-order valence-electron chi connectivity index (χ0n) is 16.2. The van der Waals surface area contributed by atoms with Crippen LogP contribution in [0.4, 0.5) is 15.2 Å². The van der Waals surface area contributed by atoms with Crippen molar-refractivity contribution in [2.45, 2.75) is 5.75 Å². The van der Waals surface area contributed by atoms with Gasteiger partial charge in [-0.15, -0.1) is 17.9 Å². The van der Waals surface area contributed by atoms with E-state index in [1.807, 2.05) is 0 Å². The van der Waals surface area contributed by atoms with Crippen LogP contribution in [0.15, 0.2) is 60.5 Å². The zero-order chi connectivity index (χ0) is 22.0. The molecule has 10 heteroatoms. The number of fused-ring (bicyclic) bond motifs is 1. The predicted molar refractivity (Wildman–Crippen MR) is 118 cm³/mol. The van der Waals surface area contributed by atoms with Gasteiger partial charge in [-0.05, 0) is 35.9 Å². The van der Waals surface area contributed by atoms with Crippen LogP contribution in [0.5, 0.6) is 5.75 Å². The summed E-state index contributed by atoms with van der Waals surface area (Å²) >= 11 is 1.14. The van der Waals surface area contributed by atoms with E-state index in [-0.39, 0.29) is 23.4 Å². The summed E-state index contributed by atoms with van der Waals surface area (Å²) in [6.07, 6.45) is 1.64. The van der Waals surface area contributed by atoms with E-state index in [1.54, 1.807) is 34.6 Å². The fraction of sp³-hybridized carbons (Fsp3) is 0.143. The Labute approximate surface area is 182 Å². The smallest absolute Gasteiger partial charge is 0.265 e. The second-order valence-corrected chi connectivity index (χ2v) is 9.37. The molecule has 3 aromatic rings. The average molecular weight is 460 g/mol. The first-order valence-corrected chi connectivity index (χ1v) is 11.8. The van der Waals surface area contributed by atoms with Gasteiger partial charge < -0.3 is 9.64 Å². The molecule has 0 fully saturated rings. The average Bonchev–Trinajstić information content (AvgIpc) is 3.19. The van der Waals surface area contributed by atoms with E-state index in [9.17, 15) is 17.6 Å². The first-order chi connectivity index (χ1) is 14.8. The number of halogens is 1. The van der Waals surface area contributed by atoms with Gasteiger partial charge in [-0.1, -0.05) is 18.2 Å². The topological polar surface area (TPSA) is 88.6 Å². The third-order valence-corrected chi connectivity index (χ3v) is 6.63. The Kier molecular flexibility index (Phi) is 5.75. The molecule has 0 saturated carbocycles. The quantitative estimate of drug-likeness (QED) is 0.543. The lowest BCUT2D eigenvalue weighted by Crippen LogP contribution is -2.38. The molecule has 160 valence electrons. The standard InChI is InChI=1S/C21H18FN3O4S2/c1-2-9-25-18-10-15(5-8-19(18)29-11-20(25)26)17-12-30-21(23-17)24-31(27,28)13-14-3-6-16(22)7-4-14/h2-8,10,12H,1,9,11,13H2,(H,23,24). The molecule has 1 N–H and O–H groups in total. The van der Waals surface area contributed by atoms with E-state index in [0.717, 1.165) is 11.3 Å². The second-order valence-electron chi connectivity index (χ2n) is 6.79. The SMILES string of the molecule is C=CCN1C(=O)COc2ccc(-c3csc(NS(=O)(=O)Cc4ccc(F)cc4)n3)cc21. The molecule has 2 aromatic carbocycles. The molecule has 0 saturated heterocycles. The molecular weight excluding hydrogens is 441 g/mol. The zero-order valence-corrected chi connectivity index (χ0v) is 17.9. The minimum absolute atomic E-state index is 0.0309. The van der Waals surface area contributed by atoms with Crippen LogP contribution in [0, 0.1) is 5.82 Å². The molecule has 0 bridgehead atoms. The third kappa shape index (κ3) is 4.75. The Morgan fingerprint density at radius 2 is 2.03 bits per heavy atom. The van der Waals surface area contributed by atoms with Gasteiger partial charge in [-0.2, -0.15) is 0 Å². The molecule has 0 aliphatic carbocycles. The van der Waals surface area contributed by atoms with Gasteiger partial charge in [-0.25, -0.2) is 17.8 Å². The lowest BCUT2D eigenvalue weighted by atomic mass is 10.1. The third-order valence-electron chi connectivity index (χ3n) is 4.53. The van der Waals surface area contributed by atoms with Crippen LogP contribution >= 0.6 is 11.3 Å². The molecular formula is C21H18FN3O4S2.